The highest BCUT2D eigenvalue weighted by atomic mass is 35.5. The standard InChI is InChI=1S/C16H14ClNO3/c1-16-9-3-2-8(6-9)13(16)14(20)18(15(16)21)11-7-10(17)4-5-12(11)19/h2-5,7-9,13,19H,6H2,1H3/t8-,9+,13?,16?/m0/s1. The van der Waals surface area contributed by atoms with Crippen molar-refractivity contribution in [2.24, 2.45) is 23.2 Å². The molecule has 1 aromatic rings. The minimum Gasteiger partial charge on any atom is -0.506 e. The molecule has 2 amide bonds. The topological polar surface area (TPSA) is 57.6 Å². The van der Waals surface area contributed by atoms with Gasteiger partial charge in [-0.15, -0.1) is 0 Å². The molecule has 0 spiro atoms. The van der Waals surface area contributed by atoms with Crippen LogP contribution in [0.2, 0.25) is 5.02 Å². The highest BCUT2D eigenvalue weighted by molar-refractivity contribution is 6.32. The quantitative estimate of drug-likeness (QED) is 0.641. The van der Waals surface area contributed by atoms with Crippen molar-refractivity contribution in [3.05, 3.63) is 35.4 Å². The minimum absolute atomic E-state index is 0.107. The number of fused-ring (bicyclic) bond motifs is 5. The first-order chi connectivity index (χ1) is 9.94. The highest BCUT2D eigenvalue weighted by Crippen LogP contribution is 2.61. The summed E-state index contributed by atoms with van der Waals surface area (Å²) in [6.07, 6.45) is 4.96. The zero-order valence-corrected chi connectivity index (χ0v) is 12.2. The van der Waals surface area contributed by atoms with Gasteiger partial charge in [-0.25, -0.2) is 4.90 Å². The van der Waals surface area contributed by atoms with Crippen LogP contribution in [0.1, 0.15) is 13.3 Å². The van der Waals surface area contributed by atoms with E-state index < -0.39 is 5.41 Å². The summed E-state index contributed by atoms with van der Waals surface area (Å²) < 4.78 is 0. The molecule has 4 atom stereocenters. The average molecular weight is 304 g/mol. The second-order valence-corrected chi connectivity index (χ2v) is 6.70. The number of rotatable bonds is 1. The molecule has 2 aliphatic carbocycles. The molecule has 1 heterocycles. The number of phenols is 1. The van der Waals surface area contributed by atoms with Gasteiger partial charge in [-0.05, 0) is 43.4 Å². The van der Waals surface area contributed by atoms with Crippen LogP contribution in [-0.4, -0.2) is 16.9 Å². The lowest BCUT2D eigenvalue weighted by Crippen LogP contribution is -2.37. The van der Waals surface area contributed by atoms with E-state index in [0.717, 1.165) is 11.3 Å². The third kappa shape index (κ3) is 1.41. The molecule has 1 aromatic carbocycles. The Morgan fingerprint density at radius 1 is 1.33 bits per heavy atom. The molecule has 1 saturated carbocycles. The fourth-order valence-corrected chi connectivity index (χ4v) is 4.38. The molecule has 1 aliphatic heterocycles. The monoisotopic (exact) mass is 303 g/mol. The number of benzene rings is 1. The Balaban J connectivity index is 1.85. The molecule has 0 aromatic heterocycles. The molecular weight excluding hydrogens is 290 g/mol. The molecule has 108 valence electrons. The summed E-state index contributed by atoms with van der Waals surface area (Å²) in [6, 6.07) is 4.40. The van der Waals surface area contributed by atoms with Crippen molar-refractivity contribution in [1.82, 2.24) is 0 Å². The maximum absolute atomic E-state index is 12.9. The van der Waals surface area contributed by atoms with Crippen molar-refractivity contribution in [3.8, 4) is 5.75 Å². The Morgan fingerprint density at radius 3 is 2.81 bits per heavy atom. The third-order valence-corrected chi connectivity index (χ3v) is 5.52. The molecule has 2 fully saturated rings. The fourth-order valence-electron chi connectivity index (χ4n) is 4.21. The summed E-state index contributed by atoms with van der Waals surface area (Å²) in [5.74, 6) is -0.648. The van der Waals surface area contributed by atoms with Crippen molar-refractivity contribution < 1.29 is 14.7 Å². The number of halogens is 1. The summed E-state index contributed by atoms with van der Waals surface area (Å²) in [5.41, 5.74) is -0.502. The number of hydrogen-bond acceptors (Lipinski definition) is 3. The number of anilines is 1. The van der Waals surface area contributed by atoms with Gasteiger partial charge in [0, 0.05) is 5.02 Å². The van der Waals surface area contributed by atoms with Crippen LogP contribution >= 0.6 is 11.6 Å². The molecule has 0 radical (unpaired) electrons. The Labute approximate surface area is 127 Å². The molecule has 3 aliphatic rings. The Bertz CT molecular complexity index is 713. The van der Waals surface area contributed by atoms with Gasteiger partial charge in [-0.1, -0.05) is 23.8 Å². The molecule has 5 heteroatoms. The van der Waals surface area contributed by atoms with E-state index >= 15 is 0 Å². The number of phenolic OH excluding ortho intramolecular Hbond substituents is 1. The lowest BCUT2D eigenvalue weighted by Gasteiger charge is -2.28. The van der Waals surface area contributed by atoms with Crippen molar-refractivity contribution in [2.45, 2.75) is 13.3 Å². The van der Waals surface area contributed by atoms with Gasteiger partial charge in [-0.2, -0.15) is 0 Å². The Morgan fingerprint density at radius 2 is 2.10 bits per heavy atom. The average Bonchev–Trinajstić information content (AvgIpc) is 3.06. The predicted octanol–water partition coefficient (Wildman–Crippen LogP) is 2.75. The van der Waals surface area contributed by atoms with E-state index in [2.05, 4.69) is 0 Å². The number of carbonyl (C=O) groups excluding carboxylic acids is 2. The summed E-state index contributed by atoms with van der Waals surface area (Å²) >= 11 is 5.94. The van der Waals surface area contributed by atoms with Crippen LogP contribution < -0.4 is 4.90 Å². The Hall–Kier alpha value is -1.81. The van der Waals surface area contributed by atoms with Gasteiger partial charge < -0.3 is 5.11 Å². The molecule has 21 heavy (non-hydrogen) atoms. The second kappa shape index (κ2) is 3.89. The SMILES string of the molecule is CC12C(=O)N(c3cc(Cl)ccc3O)C(=O)C1[C@H]1C=C[C@@H]2C1. The molecule has 2 unspecified atom stereocenters. The van der Waals surface area contributed by atoms with E-state index in [1.165, 1.54) is 18.2 Å². The van der Waals surface area contributed by atoms with Crippen molar-refractivity contribution >= 4 is 29.1 Å². The summed E-state index contributed by atoms with van der Waals surface area (Å²) in [4.78, 5) is 26.8. The zero-order valence-electron chi connectivity index (χ0n) is 11.4. The Kier molecular flexibility index (Phi) is 2.39. The molecule has 1 N–H and O–H groups in total. The van der Waals surface area contributed by atoms with Crippen LogP contribution in [0.3, 0.4) is 0 Å². The molecule has 4 rings (SSSR count). The first-order valence-corrected chi connectivity index (χ1v) is 7.37. The van der Waals surface area contributed by atoms with Crippen LogP contribution in [0.25, 0.3) is 0 Å². The summed E-state index contributed by atoms with van der Waals surface area (Å²) in [5, 5.41) is 10.4. The molecule has 2 bridgehead atoms. The van der Waals surface area contributed by atoms with E-state index in [1.54, 1.807) is 0 Å². The van der Waals surface area contributed by atoms with Crippen LogP contribution in [-0.2, 0) is 9.59 Å². The zero-order chi connectivity index (χ0) is 14.9. The van der Waals surface area contributed by atoms with E-state index in [-0.39, 0.29) is 41.0 Å². The first kappa shape index (κ1) is 12.9. The van der Waals surface area contributed by atoms with Crippen LogP contribution in [0.4, 0.5) is 5.69 Å². The smallest absolute Gasteiger partial charge is 0.241 e. The van der Waals surface area contributed by atoms with Gasteiger partial charge in [0.2, 0.25) is 11.8 Å². The van der Waals surface area contributed by atoms with E-state index in [1.807, 2.05) is 19.1 Å². The predicted molar refractivity (Wildman–Crippen MR) is 77.9 cm³/mol. The fraction of sp³-hybridized carbons (Fsp3) is 0.375. The van der Waals surface area contributed by atoms with Gasteiger partial charge >= 0.3 is 0 Å². The van der Waals surface area contributed by atoms with Crippen molar-refractivity contribution in [2.75, 3.05) is 4.90 Å². The largest absolute Gasteiger partial charge is 0.506 e. The highest BCUT2D eigenvalue weighted by Gasteiger charge is 2.67. The number of hydrogen-bond donors (Lipinski definition) is 1. The van der Waals surface area contributed by atoms with Gasteiger partial charge in [0.25, 0.3) is 0 Å². The summed E-state index contributed by atoms with van der Waals surface area (Å²) in [6.45, 7) is 1.87. The van der Waals surface area contributed by atoms with Crippen molar-refractivity contribution in [1.29, 1.82) is 0 Å². The third-order valence-electron chi connectivity index (χ3n) is 5.29. The molecule has 4 nitrogen and oxygen atoms in total. The van der Waals surface area contributed by atoms with Gasteiger partial charge in [-0.3, -0.25) is 9.59 Å². The number of allylic oxidation sites excluding steroid dienone is 2. The first-order valence-electron chi connectivity index (χ1n) is 7.00. The lowest BCUT2D eigenvalue weighted by molar-refractivity contribution is -0.127. The number of carbonyl (C=O) groups is 2. The maximum atomic E-state index is 12.9. The number of amides is 2. The number of imide groups is 1. The second-order valence-electron chi connectivity index (χ2n) is 6.26. The molecule has 1 saturated heterocycles. The van der Waals surface area contributed by atoms with Gasteiger partial charge in [0.05, 0.1) is 17.0 Å². The van der Waals surface area contributed by atoms with Gasteiger partial charge in [0.1, 0.15) is 5.75 Å². The summed E-state index contributed by atoms with van der Waals surface area (Å²) in [7, 11) is 0. The maximum Gasteiger partial charge on any atom is 0.241 e. The van der Waals surface area contributed by atoms with E-state index in [4.69, 9.17) is 11.6 Å². The van der Waals surface area contributed by atoms with E-state index in [9.17, 15) is 14.7 Å². The lowest BCUT2D eigenvalue weighted by atomic mass is 9.71. The van der Waals surface area contributed by atoms with Crippen molar-refractivity contribution in [3.63, 3.8) is 0 Å². The number of aromatic hydroxyl groups is 1. The minimum atomic E-state index is -0.689. The van der Waals surface area contributed by atoms with Crippen LogP contribution in [0, 0.1) is 23.2 Å². The van der Waals surface area contributed by atoms with Crippen LogP contribution in [0.15, 0.2) is 30.4 Å². The van der Waals surface area contributed by atoms with E-state index in [0.29, 0.717) is 5.02 Å². The normalized spacial score (nSPS) is 36.7. The van der Waals surface area contributed by atoms with Crippen LogP contribution in [0.5, 0.6) is 5.75 Å². The van der Waals surface area contributed by atoms with Gasteiger partial charge in [0.15, 0.2) is 0 Å². The molecular formula is C16H14ClNO3. The number of nitrogens with zero attached hydrogens (tertiary/aromatic N) is 1.